The van der Waals surface area contributed by atoms with Crippen molar-refractivity contribution < 1.29 is 4.39 Å². The number of halogens is 1. The van der Waals surface area contributed by atoms with Gasteiger partial charge in [0.2, 0.25) is 5.95 Å². The molecule has 4 aromatic heterocycles. The van der Waals surface area contributed by atoms with Crippen LogP contribution < -0.4 is 0 Å². The van der Waals surface area contributed by atoms with Crippen molar-refractivity contribution in [3.63, 3.8) is 0 Å². The lowest BCUT2D eigenvalue weighted by molar-refractivity contribution is 0.587. The normalized spacial score (nSPS) is 11.0. The van der Waals surface area contributed by atoms with E-state index in [1.807, 2.05) is 35.0 Å². The maximum absolute atomic E-state index is 13.7. The second-order valence-corrected chi connectivity index (χ2v) is 4.87. The number of fused-ring (bicyclic) bond motifs is 1. The lowest BCUT2D eigenvalue weighted by Gasteiger charge is -2.06. The van der Waals surface area contributed by atoms with Crippen molar-refractivity contribution in [2.75, 3.05) is 0 Å². The first-order chi connectivity index (χ1) is 10.8. The van der Waals surface area contributed by atoms with Crippen LogP contribution in [0.3, 0.4) is 0 Å². The first-order valence-electron chi connectivity index (χ1n) is 6.81. The number of hydrogen-bond acceptors (Lipinski definition) is 3. The number of rotatable bonds is 2. The zero-order valence-corrected chi connectivity index (χ0v) is 11.5. The number of hydrogen-bond donors (Lipinski definition) is 0. The average molecular weight is 290 g/mol. The van der Waals surface area contributed by atoms with Crippen LogP contribution in [0.1, 0.15) is 0 Å². The van der Waals surface area contributed by atoms with Crippen LogP contribution in [0.25, 0.3) is 27.8 Å². The van der Waals surface area contributed by atoms with Gasteiger partial charge in [-0.3, -0.25) is 9.55 Å². The molecule has 0 atom stereocenters. The summed E-state index contributed by atoms with van der Waals surface area (Å²) in [5.74, 6) is 0.267. The molecule has 0 aliphatic heterocycles. The predicted octanol–water partition coefficient (Wildman–Crippen LogP) is 3.62. The molecule has 0 spiro atoms. The van der Waals surface area contributed by atoms with Gasteiger partial charge in [-0.05, 0) is 36.4 Å². The molecule has 4 rings (SSSR count). The van der Waals surface area contributed by atoms with Gasteiger partial charge in [0, 0.05) is 41.3 Å². The minimum Gasteiger partial charge on any atom is -0.300 e. The van der Waals surface area contributed by atoms with Gasteiger partial charge in [-0.15, -0.1) is 0 Å². The van der Waals surface area contributed by atoms with E-state index < -0.39 is 5.95 Å². The third-order valence-corrected chi connectivity index (χ3v) is 3.56. The zero-order valence-electron chi connectivity index (χ0n) is 11.5. The molecular weight excluding hydrogens is 279 g/mol. The van der Waals surface area contributed by atoms with E-state index in [1.165, 1.54) is 6.20 Å². The summed E-state index contributed by atoms with van der Waals surface area (Å²) in [6.45, 7) is 0. The zero-order chi connectivity index (χ0) is 14.9. The Morgan fingerprint density at radius 1 is 0.909 bits per heavy atom. The van der Waals surface area contributed by atoms with Crippen LogP contribution in [0.5, 0.6) is 0 Å². The Hall–Kier alpha value is -3.08. The maximum Gasteiger partial charge on any atom is 0.220 e. The van der Waals surface area contributed by atoms with Crippen molar-refractivity contribution in [1.29, 1.82) is 0 Å². The average Bonchev–Trinajstić information content (AvgIpc) is 3.00. The monoisotopic (exact) mass is 290 g/mol. The topological polar surface area (TPSA) is 43.6 Å². The Labute approximate surface area is 125 Å². The Morgan fingerprint density at radius 2 is 1.86 bits per heavy atom. The molecule has 4 heterocycles. The summed E-state index contributed by atoms with van der Waals surface area (Å²) in [5, 5.41) is 1.10. The third kappa shape index (κ3) is 2.03. The summed E-state index contributed by atoms with van der Waals surface area (Å²) in [4.78, 5) is 12.2. The van der Waals surface area contributed by atoms with Crippen LogP contribution in [0, 0.1) is 5.95 Å². The van der Waals surface area contributed by atoms with E-state index in [-0.39, 0.29) is 0 Å². The highest BCUT2D eigenvalue weighted by molar-refractivity contribution is 5.80. The van der Waals surface area contributed by atoms with E-state index in [0.717, 1.165) is 16.7 Å². The highest BCUT2D eigenvalue weighted by Crippen LogP contribution is 2.23. The summed E-state index contributed by atoms with van der Waals surface area (Å²) in [6.07, 6.45) is 8.58. The number of nitrogens with zero attached hydrogens (tertiary/aromatic N) is 4. The quantitative estimate of drug-likeness (QED) is 0.530. The van der Waals surface area contributed by atoms with Gasteiger partial charge in [0.25, 0.3) is 0 Å². The molecule has 22 heavy (non-hydrogen) atoms. The first kappa shape index (κ1) is 12.6. The Morgan fingerprint density at radius 3 is 2.68 bits per heavy atom. The highest BCUT2D eigenvalue weighted by atomic mass is 19.1. The molecule has 4 aromatic rings. The summed E-state index contributed by atoms with van der Waals surface area (Å²) in [6, 6.07) is 11.0. The smallest absolute Gasteiger partial charge is 0.220 e. The molecule has 0 N–H and O–H groups in total. The van der Waals surface area contributed by atoms with Gasteiger partial charge >= 0.3 is 0 Å². The fraction of sp³-hybridized carbons (Fsp3) is 0. The van der Waals surface area contributed by atoms with Crippen LogP contribution >= 0.6 is 0 Å². The largest absolute Gasteiger partial charge is 0.300 e. The van der Waals surface area contributed by atoms with Crippen LogP contribution in [-0.2, 0) is 0 Å². The molecule has 5 heteroatoms. The second-order valence-electron chi connectivity index (χ2n) is 4.87. The molecule has 0 saturated carbocycles. The van der Waals surface area contributed by atoms with E-state index in [9.17, 15) is 4.39 Å². The second kappa shape index (κ2) is 5.04. The van der Waals surface area contributed by atoms with Gasteiger partial charge in [-0.2, -0.15) is 4.39 Å². The molecule has 0 radical (unpaired) electrons. The lowest BCUT2D eigenvalue weighted by Crippen LogP contribution is -1.96. The molecular formula is C17H11FN4. The minimum atomic E-state index is -0.493. The lowest BCUT2D eigenvalue weighted by atomic mass is 10.1. The molecule has 0 aliphatic rings. The van der Waals surface area contributed by atoms with Crippen molar-refractivity contribution in [1.82, 2.24) is 19.5 Å². The number of pyridine rings is 3. The molecule has 0 bridgehead atoms. The molecule has 0 aliphatic carbocycles. The molecule has 4 nitrogen and oxygen atoms in total. The van der Waals surface area contributed by atoms with Crippen LogP contribution in [0.2, 0.25) is 0 Å². The van der Waals surface area contributed by atoms with E-state index >= 15 is 0 Å². The summed E-state index contributed by atoms with van der Waals surface area (Å²) in [5.41, 5.74) is 2.12. The van der Waals surface area contributed by atoms with Crippen molar-refractivity contribution >= 4 is 10.9 Å². The first-order valence-corrected chi connectivity index (χ1v) is 6.81. The van der Waals surface area contributed by atoms with Gasteiger partial charge in [-0.1, -0.05) is 0 Å². The summed E-state index contributed by atoms with van der Waals surface area (Å²) < 4.78 is 15.7. The van der Waals surface area contributed by atoms with Crippen molar-refractivity contribution in [2.24, 2.45) is 0 Å². The molecule has 106 valence electrons. The Bertz CT molecular complexity index is 944. The standard InChI is InChI=1S/C17H11FN4/c18-17-14(2-1-7-20-17)13-3-4-16(21-10-13)22-9-6-12-5-8-19-11-15(12)22/h1-11H. The van der Waals surface area contributed by atoms with Gasteiger partial charge < -0.3 is 0 Å². The summed E-state index contributed by atoms with van der Waals surface area (Å²) in [7, 11) is 0. The van der Waals surface area contributed by atoms with E-state index in [2.05, 4.69) is 15.0 Å². The molecule has 0 aromatic carbocycles. The van der Waals surface area contributed by atoms with E-state index in [0.29, 0.717) is 11.1 Å². The SMILES string of the molecule is Fc1ncccc1-c1ccc(-n2ccc3ccncc32)nc1. The molecule has 0 fully saturated rings. The minimum absolute atomic E-state index is 0.445. The van der Waals surface area contributed by atoms with E-state index in [1.54, 1.807) is 30.7 Å². The Balaban J connectivity index is 1.78. The van der Waals surface area contributed by atoms with Gasteiger partial charge in [0.05, 0.1) is 11.7 Å². The molecule has 0 saturated heterocycles. The Kier molecular flexibility index (Phi) is 2.89. The number of aromatic nitrogens is 4. The van der Waals surface area contributed by atoms with Crippen molar-refractivity contribution in [2.45, 2.75) is 0 Å². The third-order valence-electron chi connectivity index (χ3n) is 3.56. The van der Waals surface area contributed by atoms with Gasteiger partial charge in [0.1, 0.15) is 5.82 Å². The fourth-order valence-electron chi connectivity index (χ4n) is 2.46. The van der Waals surface area contributed by atoms with Crippen LogP contribution in [0.15, 0.2) is 67.4 Å². The summed E-state index contributed by atoms with van der Waals surface area (Å²) >= 11 is 0. The van der Waals surface area contributed by atoms with Crippen molar-refractivity contribution in [3.05, 3.63) is 73.3 Å². The molecule has 0 amide bonds. The van der Waals surface area contributed by atoms with Crippen LogP contribution in [0.4, 0.5) is 4.39 Å². The highest BCUT2D eigenvalue weighted by Gasteiger charge is 2.08. The van der Waals surface area contributed by atoms with Crippen LogP contribution in [-0.4, -0.2) is 19.5 Å². The van der Waals surface area contributed by atoms with Crippen molar-refractivity contribution in [3.8, 4) is 16.9 Å². The maximum atomic E-state index is 13.7. The van der Waals surface area contributed by atoms with E-state index in [4.69, 9.17) is 0 Å². The fourth-order valence-corrected chi connectivity index (χ4v) is 2.46. The van der Waals surface area contributed by atoms with Gasteiger partial charge in [0.15, 0.2) is 0 Å². The molecule has 0 unspecified atom stereocenters. The van der Waals surface area contributed by atoms with Gasteiger partial charge in [-0.25, -0.2) is 9.97 Å². The predicted molar refractivity (Wildman–Crippen MR) is 82.1 cm³/mol.